The third-order valence-electron chi connectivity index (χ3n) is 16.2. The summed E-state index contributed by atoms with van der Waals surface area (Å²) in [5.41, 5.74) is 11.5. The summed E-state index contributed by atoms with van der Waals surface area (Å²) in [6, 6.07) is 9.85. The van der Waals surface area contributed by atoms with Crippen molar-refractivity contribution in [2.24, 2.45) is 15.5 Å². The predicted octanol–water partition coefficient (Wildman–Crippen LogP) is 16.6. The summed E-state index contributed by atoms with van der Waals surface area (Å²) in [6.45, 7) is 28.9. The van der Waals surface area contributed by atoms with Gasteiger partial charge in [-0.05, 0) is 195 Å². The highest BCUT2D eigenvalue weighted by Crippen LogP contribution is 2.30. The van der Waals surface area contributed by atoms with Gasteiger partial charge in [-0.1, -0.05) is 165 Å². The third kappa shape index (κ3) is 30.6. The topological polar surface area (TPSA) is 205 Å². The number of hydrogen-bond acceptors (Lipinski definition) is 15. The van der Waals surface area contributed by atoms with E-state index in [0.29, 0.717) is 142 Å². The molecule has 3 aliphatic heterocycles. The number of hydrogen-bond donors (Lipinski definition) is 0. The number of fused-ring (bicyclic) bond motifs is 3. The third-order valence-corrected chi connectivity index (χ3v) is 16.7. The van der Waals surface area contributed by atoms with Gasteiger partial charge in [0, 0.05) is 63.6 Å². The molecule has 0 N–H and O–H groups in total. The van der Waals surface area contributed by atoms with Crippen LogP contribution in [0.3, 0.4) is 0 Å². The summed E-state index contributed by atoms with van der Waals surface area (Å²) in [7, 11) is 0. The number of allylic oxidation sites excluding steroid dienone is 9. The first-order chi connectivity index (χ1) is 48.3. The molecule has 3 amide bonds. The number of carbonyl (C=O) groups is 6. The van der Waals surface area contributed by atoms with Crippen molar-refractivity contribution in [2.75, 3.05) is 78.9 Å². The number of oxime groups is 3. The van der Waals surface area contributed by atoms with E-state index in [9.17, 15) is 28.8 Å². The van der Waals surface area contributed by atoms with Crippen LogP contribution in [0.1, 0.15) is 219 Å². The summed E-state index contributed by atoms with van der Waals surface area (Å²) in [5.74, 6) is -1.24. The van der Waals surface area contributed by atoms with Crippen LogP contribution in [0.4, 0.5) is 0 Å². The molecule has 3 aromatic carbocycles. The second-order valence-electron chi connectivity index (χ2n) is 25.3. The van der Waals surface area contributed by atoms with Crippen LogP contribution in [0.5, 0.6) is 0 Å². The van der Waals surface area contributed by atoms with Crippen LogP contribution in [0.15, 0.2) is 119 Å². The maximum atomic E-state index is 12.9. The molecule has 0 fully saturated rings. The first-order valence-electron chi connectivity index (χ1n) is 36.1. The molecule has 3 aromatic rings. The van der Waals surface area contributed by atoms with Gasteiger partial charge in [0.15, 0.2) is 19.8 Å². The lowest BCUT2D eigenvalue weighted by molar-refractivity contribution is -0.136. The Morgan fingerprint density at radius 3 is 1.01 bits per heavy atom. The van der Waals surface area contributed by atoms with Crippen LogP contribution in [0.2, 0.25) is 5.02 Å². The monoisotopic (exact) mass is 1400 g/mol. The normalized spacial score (nSPS) is 17.1. The number of esters is 3. The lowest BCUT2D eigenvalue weighted by Crippen LogP contribution is -2.35. The van der Waals surface area contributed by atoms with Gasteiger partial charge in [-0.2, -0.15) is 0 Å². The van der Waals surface area contributed by atoms with Crippen molar-refractivity contribution < 1.29 is 57.5 Å². The highest BCUT2D eigenvalue weighted by atomic mass is 35.5. The fraction of sp³-hybridized carbons (Fsp3) is 0.519. The highest BCUT2D eigenvalue weighted by Gasteiger charge is 2.24. The number of nitrogens with zero attached hydrogens (tertiary/aromatic N) is 6. The van der Waals surface area contributed by atoms with Crippen LogP contribution in [-0.2, 0) is 62.4 Å². The molecule has 0 saturated carbocycles. The molecule has 0 spiro atoms. The molecule has 100 heavy (non-hydrogen) atoms. The minimum Gasteiger partial charge on any atom is -0.462 e. The number of halogens is 1. The fourth-order valence-corrected chi connectivity index (χ4v) is 11.9. The second kappa shape index (κ2) is 48.4. The molecule has 0 aromatic heterocycles. The molecule has 0 radical (unpaired) electrons. The minimum absolute atomic E-state index is 0.0614. The summed E-state index contributed by atoms with van der Waals surface area (Å²) in [4.78, 5) is 98.1. The van der Waals surface area contributed by atoms with Crippen LogP contribution in [-0.4, -0.2) is 146 Å². The fourth-order valence-electron chi connectivity index (χ4n) is 11.7. The van der Waals surface area contributed by atoms with Crippen molar-refractivity contribution >= 4 is 64.4 Å². The van der Waals surface area contributed by atoms with Crippen molar-refractivity contribution in [1.82, 2.24) is 14.7 Å². The number of rotatable bonds is 21. The van der Waals surface area contributed by atoms with E-state index in [4.69, 9.17) is 40.3 Å². The second-order valence-corrected chi connectivity index (χ2v) is 25.7. The van der Waals surface area contributed by atoms with Crippen molar-refractivity contribution in [1.29, 1.82) is 0 Å². The molecule has 3 heterocycles. The lowest BCUT2D eigenvalue weighted by atomic mass is 9.94. The first-order valence-corrected chi connectivity index (χ1v) is 36.5. The SMILES string of the molecule is CCCN(CCC)C(=O)CO/N=C1/C=CCC/C=C/CCOC(=O)c2c(C)cc(C)cc2C1.CCCN(CCC)C(=O)CO/N=C1\C=CCC/C=C/CCOC(=O)c2c(C)cc(C)c(Cl)c2C1.CCCN(CCC)C(=O)CO/N=C1\C=CCC/C=C/CCOC(=O)c2c(C)cc(C)cc2C1. The van der Waals surface area contributed by atoms with E-state index >= 15 is 0 Å². The molecule has 0 aliphatic carbocycles. The van der Waals surface area contributed by atoms with Gasteiger partial charge in [0.1, 0.15) is 0 Å². The number of benzene rings is 3. The van der Waals surface area contributed by atoms with E-state index in [-0.39, 0.29) is 49.5 Å². The predicted molar refractivity (Wildman–Crippen MR) is 403 cm³/mol. The van der Waals surface area contributed by atoms with E-state index in [1.807, 2.05) is 138 Å². The average Bonchev–Trinajstić information content (AvgIpc) is 0.803. The van der Waals surface area contributed by atoms with Gasteiger partial charge in [0.25, 0.3) is 17.7 Å². The van der Waals surface area contributed by atoms with Crippen molar-refractivity contribution in [3.8, 4) is 0 Å². The Bertz CT molecular complexity index is 3250. The molecule has 19 heteroatoms. The van der Waals surface area contributed by atoms with Crippen molar-refractivity contribution in [2.45, 2.75) is 199 Å². The molecular formula is C81H113ClN6O12. The number of carbonyl (C=O) groups excluding carboxylic acids is 6. The average molecular weight is 1400 g/mol. The number of ether oxygens (including phenoxy) is 3. The number of cyclic esters (lactones) is 3. The summed E-state index contributed by atoms with van der Waals surface area (Å²) >= 11 is 6.66. The Hall–Kier alpha value is -8.38. The van der Waals surface area contributed by atoms with Crippen LogP contribution in [0, 0.1) is 41.5 Å². The van der Waals surface area contributed by atoms with E-state index in [2.05, 4.69) is 73.5 Å². The number of aryl methyl sites for hydroxylation is 6. The zero-order valence-electron chi connectivity index (χ0n) is 62.0. The van der Waals surface area contributed by atoms with E-state index in [0.717, 1.165) is 122 Å². The Labute approximate surface area is 601 Å². The molecule has 6 rings (SSSR count). The van der Waals surface area contributed by atoms with Crippen molar-refractivity contribution in [3.05, 3.63) is 175 Å². The molecule has 0 atom stereocenters. The minimum atomic E-state index is -0.394. The Morgan fingerprint density at radius 2 is 0.680 bits per heavy atom. The van der Waals surface area contributed by atoms with Gasteiger partial charge in [0.05, 0.1) is 53.6 Å². The van der Waals surface area contributed by atoms with E-state index < -0.39 is 5.97 Å². The maximum Gasteiger partial charge on any atom is 0.338 e. The first kappa shape index (κ1) is 84.0. The van der Waals surface area contributed by atoms with E-state index in [1.165, 1.54) is 0 Å². The summed E-state index contributed by atoms with van der Waals surface area (Å²) in [6.07, 6.45) is 38.1. The standard InChI is InChI=1S/C27H37ClN2O4.2C27H38N2O4/c1-5-14-30(15-6-2)24(31)19-34-29-22-13-11-9-7-8-10-12-16-33-27(32)25-20(3)17-21(4)26(28)23(25)18-22;2*1-5-14-29(15-6-2)25(30)20-33-28-24-13-11-9-7-8-10-12-16-32-27(31)26-22(4)17-21(3)18-23(26)19-24/h8,10-11,13,17H,5-7,9,12,14-16,18-19H2,1-4H3;2*8,10-11,13,17-18H,5-7,9,12,14-16,19-20H2,1-4H3/b10-8+,13-11?,29-22+;10-8+,13-11?,28-24+;10-8+,13-11?,28-24-. The van der Waals surface area contributed by atoms with Crippen LogP contribution in [0.25, 0.3) is 0 Å². The summed E-state index contributed by atoms with van der Waals surface area (Å²) < 4.78 is 16.6. The largest absolute Gasteiger partial charge is 0.462 e. The van der Waals surface area contributed by atoms with Crippen LogP contribution < -0.4 is 0 Å². The number of amides is 3. The van der Waals surface area contributed by atoms with Gasteiger partial charge in [-0.15, -0.1) is 0 Å². The Balaban J connectivity index is 0.000000318. The molecule has 3 aliphatic rings. The van der Waals surface area contributed by atoms with Gasteiger partial charge in [-0.25, -0.2) is 14.4 Å². The lowest BCUT2D eigenvalue weighted by Gasteiger charge is -2.20. The van der Waals surface area contributed by atoms with Gasteiger partial charge < -0.3 is 43.4 Å². The van der Waals surface area contributed by atoms with Gasteiger partial charge in [-0.3, -0.25) is 14.4 Å². The zero-order valence-corrected chi connectivity index (χ0v) is 62.7. The van der Waals surface area contributed by atoms with Crippen LogP contribution >= 0.6 is 11.6 Å². The summed E-state index contributed by atoms with van der Waals surface area (Å²) in [5, 5.41) is 13.4. The molecule has 0 saturated heterocycles. The van der Waals surface area contributed by atoms with Gasteiger partial charge >= 0.3 is 17.9 Å². The molecular weight excluding hydrogens is 1280 g/mol. The Morgan fingerprint density at radius 1 is 0.390 bits per heavy atom. The van der Waals surface area contributed by atoms with Crippen molar-refractivity contribution in [3.63, 3.8) is 0 Å². The Kier molecular flexibility index (Phi) is 40.7. The smallest absolute Gasteiger partial charge is 0.338 e. The van der Waals surface area contributed by atoms with Gasteiger partial charge in [0.2, 0.25) is 0 Å². The highest BCUT2D eigenvalue weighted by molar-refractivity contribution is 6.33. The molecule has 0 unspecified atom stereocenters. The quantitative estimate of drug-likeness (QED) is 0.0423. The molecule has 546 valence electrons. The molecule has 0 bridgehead atoms. The maximum absolute atomic E-state index is 12.9. The molecule has 18 nitrogen and oxygen atoms in total. The zero-order chi connectivity index (χ0) is 73.0. The van der Waals surface area contributed by atoms with E-state index in [1.54, 1.807) is 4.90 Å².